The molecule has 2 aliphatic heterocycles. The largest absolute Gasteiger partial charge is 0.379 e. The number of aromatic nitrogens is 3. The van der Waals surface area contributed by atoms with Crippen molar-refractivity contribution < 1.29 is 27.1 Å². The molecule has 0 bridgehead atoms. The molecule has 1 aliphatic carbocycles. The number of benzene rings is 2. The van der Waals surface area contributed by atoms with Gasteiger partial charge in [-0.05, 0) is 61.6 Å². The number of sulfonamides is 1. The number of pyridine rings is 1. The van der Waals surface area contributed by atoms with Gasteiger partial charge in [0, 0.05) is 38.1 Å². The number of nitrogens with zero attached hydrogens (tertiary/aromatic N) is 5. The predicted octanol–water partition coefficient (Wildman–Crippen LogP) is 4.40. The number of ether oxygens (including phenoxy) is 2. The maximum atomic E-state index is 13.9. The molecule has 1 amide bonds. The summed E-state index contributed by atoms with van der Waals surface area (Å²) in [6.07, 6.45) is 5.01. The van der Waals surface area contributed by atoms with Crippen LogP contribution in [0.15, 0.2) is 60.7 Å². The molecule has 4 aromatic rings. The fourth-order valence-corrected chi connectivity index (χ4v) is 7.64. The molecule has 0 atom stereocenters. The van der Waals surface area contributed by atoms with Gasteiger partial charge in [0.15, 0.2) is 5.65 Å². The van der Waals surface area contributed by atoms with Gasteiger partial charge in [0.2, 0.25) is 10.0 Å². The number of halogens is 1. The van der Waals surface area contributed by atoms with Crippen molar-refractivity contribution in [2.24, 2.45) is 0 Å². The summed E-state index contributed by atoms with van der Waals surface area (Å²) in [6, 6.07) is 17.6. The third kappa shape index (κ3) is 7.24. The van der Waals surface area contributed by atoms with Gasteiger partial charge in [-0.15, -0.1) is 0 Å². The Bertz CT molecular complexity index is 1830. The highest BCUT2D eigenvalue weighted by Gasteiger charge is 2.33. The van der Waals surface area contributed by atoms with Crippen LogP contribution in [0, 0.1) is 5.82 Å². The highest BCUT2D eigenvalue weighted by atomic mass is 32.2. The van der Waals surface area contributed by atoms with E-state index >= 15 is 0 Å². The summed E-state index contributed by atoms with van der Waals surface area (Å²) in [5, 5.41) is 5.88. The Balaban J connectivity index is 1.19. The molecular weight excluding hydrogens is 635 g/mol. The van der Waals surface area contributed by atoms with Crippen molar-refractivity contribution in [2.45, 2.75) is 50.7 Å². The van der Waals surface area contributed by atoms with Crippen LogP contribution in [-0.2, 0) is 26.1 Å². The zero-order valence-corrected chi connectivity index (χ0v) is 27.7. The fraction of sp³-hybridized carbons (Fsp3) is 0.457. The van der Waals surface area contributed by atoms with Gasteiger partial charge in [0.1, 0.15) is 11.5 Å². The molecule has 3 fully saturated rings. The number of rotatable bonds is 11. The Morgan fingerprint density at radius 3 is 2.40 bits per heavy atom. The van der Waals surface area contributed by atoms with Crippen LogP contribution >= 0.6 is 0 Å². The first kappa shape index (κ1) is 32.6. The molecule has 4 heterocycles. The van der Waals surface area contributed by atoms with Crippen molar-refractivity contribution in [3.63, 3.8) is 0 Å². The van der Waals surface area contributed by atoms with E-state index in [9.17, 15) is 17.6 Å². The molecule has 254 valence electrons. The van der Waals surface area contributed by atoms with Gasteiger partial charge in [0.05, 0.1) is 54.6 Å². The number of hydrogen-bond donors (Lipinski definition) is 1. The molecular formula is C35H41FN6O5S. The summed E-state index contributed by atoms with van der Waals surface area (Å²) in [5.74, 6) is -1.32. The van der Waals surface area contributed by atoms with Crippen LogP contribution in [0.5, 0.6) is 0 Å². The van der Waals surface area contributed by atoms with Gasteiger partial charge in [0.25, 0.3) is 5.91 Å². The molecule has 7 rings (SSSR count). The lowest BCUT2D eigenvalue weighted by atomic mass is 9.82. The lowest BCUT2D eigenvalue weighted by Gasteiger charge is -2.41. The van der Waals surface area contributed by atoms with Crippen LogP contribution < -0.4 is 9.62 Å². The minimum Gasteiger partial charge on any atom is -0.379 e. The molecule has 48 heavy (non-hydrogen) atoms. The van der Waals surface area contributed by atoms with Crippen LogP contribution in [0.3, 0.4) is 0 Å². The van der Waals surface area contributed by atoms with Gasteiger partial charge in [-0.25, -0.2) is 27.2 Å². The maximum Gasteiger partial charge on any atom is 0.283 e. The van der Waals surface area contributed by atoms with Crippen molar-refractivity contribution in [1.29, 1.82) is 0 Å². The van der Waals surface area contributed by atoms with E-state index in [2.05, 4.69) is 14.5 Å². The topological polar surface area (TPSA) is 119 Å². The van der Waals surface area contributed by atoms with E-state index in [0.29, 0.717) is 17.4 Å². The average molecular weight is 677 g/mol. The highest BCUT2D eigenvalue weighted by molar-refractivity contribution is 7.90. The second kappa shape index (κ2) is 14.3. The number of hydrogen-bond acceptors (Lipinski definition) is 9. The standard InChI is InChI=1S/C35H41FN6O5S/c36-27-9-11-29(12-10-27)42-34-32(33(38-42)26-7-4-8-26)31(41-15-13-28(14-16-41)40-17-19-46-20-18-40)23-30(37-34)35(43)39-48(44,45)22-21-47-24-25-5-2-1-3-6-25/h1-3,5-6,9-12,23,26,28H,4,7-8,13-22,24H2,(H,39,43). The SMILES string of the molecule is O=C(NS(=O)(=O)CCOCc1ccccc1)c1cc(N2CCC(N3CCOCC3)CC2)c2c(C3CCC3)nn(-c3ccc(F)cc3)c2n1. The van der Waals surface area contributed by atoms with Crippen LogP contribution in [0.1, 0.15) is 59.8 Å². The van der Waals surface area contributed by atoms with Crippen molar-refractivity contribution in [3.8, 4) is 5.69 Å². The zero-order valence-electron chi connectivity index (χ0n) is 26.9. The highest BCUT2D eigenvalue weighted by Crippen LogP contribution is 2.43. The van der Waals surface area contributed by atoms with Gasteiger partial charge >= 0.3 is 0 Å². The smallest absolute Gasteiger partial charge is 0.283 e. The maximum absolute atomic E-state index is 13.9. The minimum absolute atomic E-state index is 0.0231. The van der Waals surface area contributed by atoms with Gasteiger partial charge in [-0.1, -0.05) is 36.8 Å². The molecule has 1 N–H and O–H groups in total. The second-order valence-electron chi connectivity index (χ2n) is 12.8. The molecule has 0 spiro atoms. The summed E-state index contributed by atoms with van der Waals surface area (Å²) in [7, 11) is -4.02. The quantitative estimate of drug-likeness (QED) is 0.231. The molecule has 2 aromatic heterocycles. The van der Waals surface area contributed by atoms with Crippen molar-refractivity contribution in [2.75, 3.05) is 56.7 Å². The normalized spacial score (nSPS) is 18.2. The average Bonchev–Trinajstić information content (AvgIpc) is 3.45. The Morgan fingerprint density at radius 1 is 0.979 bits per heavy atom. The molecule has 2 aromatic carbocycles. The van der Waals surface area contributed by atoms with E-state index in [-0.39, 0.29) is 36.4 Å². The monoisotopic (exact) mass is 676 g/mol. The Labute approximate surface area is 280 Å². The van der Waals surface area contributed by atoms with Crippen LogP contribution in [0.2, 0.25) is 0 Å². The van der Waals surface area contributed by atoms with Crippen molar-refractivity contribution >= 4 is 32.7 Å². The number of morpholine rings is 1. The summed E-state index contributed by atoms with van der Waals surface area (Å²) < 4.78 is 54.9. The van der Waals surface area contributed by atoms with E-state index in [1.54, 1.807) is 22.9 Å². The summed E-state index contributed by atoms with van der Waals surface area (Å²) in [6.45, 7) is 5.08. The van der Waals surface area contributed by atoms with E-state index in [1.165, 1.54) is 12.1 Å². The molecule has 11 nitrogen and oxygen atoms in total. The Kier molecular flexibility index (Phi) is 9.71. The number of anilines is 1. The molecule has 3 aliphatic rings. The number of amides is 1. The minimum atomic E-state index is -4.02. The van der Waals surface area contributed by atoms with Crippen LogP contribution in [0.25, 0.3) is 16.7 Å². The Morgan fingerprint density at radius 2 is 1.71 bits per heavy atom. The van der Waals surface area contributed by atoms with E-state index in [1.807, 2.05) is 30.3 Å². The number of carbonyl (C=O) groups excluding carboxylic acids is 1. The third-order valence-corrected chi connectivity index (χ3v) is 10.9. The molecule has 0 unspecified atom stereocenters. The van der Waals surface area contributed by atoms with E-state index in [0.717, 1.165) is 93.8 Å². The zero-order chi connectivity index (χ0) is 33.1. The molecule has 0 radical (unpaired) electrons. The number of piperidine rings is 1. The van der Waals surface area contributed by atoms with Gasteiger partial charge < -0.3 is 14.4 Å². The number of nitrogens with one attached hydrogen (secondary N) is 1. The van der Waals surface area contributed by atoms with E-state index < -0.39 is 15.9 Å². The molecule has 2 saturated heterocycles. The van der Waals surface area contributed by atoms with Crippen LogP contribution in [-0.4, -0.2) is 91.8 Å². The summed E-state index contributed by atoms with van der Waals surface area (Å²) in [4.78, 5) is 23.2. The fourth-order valence-electron chi connectivity index (χ4n) is 6.81. The number of carbonyl (C=O) groups is 1. The third-order valence-electron chi connectivity index (χ3n) is 9.66. The summed E-state index contributed by atoms with van der Waals surface area (Å²) in [5.41, 5.74) is 3.70. The Hall–Kier alpha value is -3.91. The number of fused-ring (bicyclic) bond motifs is 1. The van der Waals surface area contributed by atoms with Gasteiger partial charge in [-0.3, -0.25) is 9.69 Å². The van der Waals surface area contributed by atoms with Crippen molar-refractivity contribution in [3.05, 3.63) is 83.4 Å². The first-order valence-electron chi connectivity index (χ1n) is 16.8. The second-order valence-corrected chi connectivity index (χ2v) is 14.6. The predicted molar refractivity (Wildman–Crippen MR) is 180 cm³/mol. The summed E-state index contributed by atoms with van der Waals surface area (Å²) >= 11 is 0. The first-order valence-corrected chi connectivity index (χ1v) is 18.4. The van der Waals surface area contributed by atoms with Gasteiger partial charge in [-0.2, -0.15) is 5.10 Å². The van der Waals surface area contributed by atoms with E-state index in [4.69, 9.17) is 19.6 Å². The molecule has 1 saturated carbocycles. The lowest BCUT2D eigenvalue weighted by molar-refractivity contribution is 0.0115. The molecule has 13 heteroatoms. The van der Waals surface area contributed by atoms with Crippen LogP contribution in [0.4, 0.5) is 10.1 Å². The first-order chi connectivity index (χ1) is 23.3. The van der Waals surface area contributed by atoms with Crippen molar-refractivity contribution in [1.82, 2.24) is 24.4 Å². The lowest BCUT2D eigenvalue weighted by Crippen LogP contribution is -2.49.